The molecular weight excluding hydrogens is 376 g/mol. The second kappa shape index (κ2) is 6.01. The molecule has 0 aliphatic carbocycles. The van der Waals surface area contributed by atoms with Gasteiger partial charge in [0.15, 0.2) is 0 Å². The Labute approximate surface area is 104 Å². The largest absolute Gasteiger partial charge is 0.299 e. The lowest BCUT2D eigenvalue weighted by molar-refractivity contribution is 0.156. The van der Waals surface area contributed by atoms with E-state index >= 15 is 0 Å². The topological polar surface area (TPSA) is 3.24 Å². The number of rotatable bonds is 5. The molecule has 0 spiro atoms. The molecule has 1 unspecified atom stereocenters. The molecule has 0 amide bonds. The van der Waals surface area contributed by atoms with E-state index in [2.05, 4.69) is 77.9 Å². The van der Waals surface area contributed by atoms with Crippen LogP contribution in [0.4, 0.5) is 0 Å². The molecule has 0 aromatic rings. The van der Waals surface area contributed by atoms with Crippen molar-refractivity contribution in [1.82, 2.24) is 4.90 Å². The Balaban J connectivity index is 4.37. The maximum Gasteiger partial charge on any atom is 0.0806 e. The van der Waals surface area contributed by atoms with Crippen molar-refractivity contribution < 1.29 is 0 Å². The van der Waals surface area contributed by atoms with Crippen molar-refractivity contribution >= 4 is 45.2 Å². The summed E-state index contributed by atoms with van der Waals surface area (Å²) in [6, 6.07) is 0. The van der Waals surface area contributed by atoms with Crippen LogP contribution in [0.2, 0.25) is 0 Å². The summed E-state index contributed by atoms with van der Waals surface area (Å²) in [6.07, 6.45) is 2.55. The number of hydrogen-bond donors (Lipinski definition) is 0. The molecule has 0 saturated heterocycles. The van der Waals surface area contributed by atoms with Crippen LogP contribution in [-0.2, 0) is 0 Å². The average molecular weight is 395 g/mol. The van der Waals surface area contributed by atoms with Crippen molar-refractivity contribution in [2.24, 2.45) is 0 Å². The van der Waals surface area contributed by atoms with Crippen molar-refractivity contribution in [3.63, 3.8) is 0 Å². The fourth-order valence-corrected chi connectivity index (χ4v) is 2.91. The molecule has 3 heteroatoms. The minimum atomic E-state index is 0.366. The van der Waals surface area contributed by atoms with Crippen molar-refractivity contribution in [3.05, 3.63) is 0 Å². The summed E-state index contributed by atoms with van der Waals surface area (Å²) in [7, 11) is 2.22. The van der Waals surface area contributed by atoms with Crippen LogP contribution < -0.4 is 0 Å². The van der Waals surface area contributed by atoms with Crippen molar-refractivity contribution in [3.8, 4) is 0 Å². The van der Waals surface area contributed by atoms with Gasteiger partial charge >= 0.3 is 0 Å². The van der Waals surface area contributed by atoms with Gasteiger partial charge in [0.25, 0.3) is 0 Å². The maximum absolute atomic E-state index is 2.53. The quantitative estimate of drug-likeness (QED) is 0.507. The highest BCUT2D eigenvalue weighted by molar-refractivity contribution is 14.2. The zero-order valence-corrected chi connectivity index (χ0v) is 12.7. The van der Waals surface area contributed by atoms with Crippen LogP contribution in [0, 0.1) is 0 Å². The summed E-state index contributed by atoms with van der Waals surface area (Å²) >= 11 is 5.06. The van der Waals surface area contributed by atoms with Crippen LogP contribution in [0.1, 0.15) is 33.6 Å². The van der Waals surface area contributed by atoms with Crippen molar-refractivity contribution in [2.45, 2.75) is 41.1 Å². The molecule has 0 saturated carbocycles. The van der Waals surface area contributed by atoms with Gasteiger partial charge in [-0.1, -0.05) is 65.5 Å². The van der Waals surface area contributed by atoms with Gasteiger partial charge in [-0.2, -0.15) is 0 Å². The summed E-state index contributed by atoms with van der Waals surface area (Å²) < 4.78 is 0.678. The summed E-state index contributed by atoms with van der Waals surface area (Å²) in [6.45, 7) is 7.99. The number of halogens is 2. The Morgan fingerprint density at radius 3 is 2.08 bits per heavy atom. The van der Waals surface area contributed by atoms with E-state index in [0.717, 1.165) is 6.54 Å². The fourth-order valence-electron chi connectivity index (χ4n) is 1.33. The van der Waals surface area contributed by atoms with Gasteiger partial charge in [0.05, 0.1) is 1.93 Å². The van der Waals surface area contributed by atoms with Gasteiger partial charge in [-0.05, 0) is 26.9 Å². The highest BCUT2D eigenvalue weighted by atomic mass is 127. The molecule has 0 aromatic carbocycles. The molecule has 12 heavy (non-hydrogen) atoms. The van der Waals surface area contributed by atoms with Crippen LogP contribution in [0.5, 0.6) is 0 Å². The zero-order chi connectivity index (χ0) is 9.78. The Kier molecular flexibility index (Phi) is 6.72. The van der Waals surface area contributed by atoms with Gasteiger partial charge in [0.1, 0.15) is 0 Å². The zero-order valence-electron chi connectivity index (χ0n) is 8.40. The number of hydrogen-bond acceptors (Lipinski definition) is 1. The average Bonchev–Trinajstić information content (AvgIpc) is 2.03. The molecule has 1 nitrogen and oxygen atoms in total. The molecule has 0 bridgehead atoms. The van der Waals surface area contributed by atoms with E-state index in [1.54, 1.807) is 0 Å². The molecule has 0 aliphatic heterocycles. The van der Waals surface area contributed by atoms with E-state index in [1.165, 1.54) is 12.8 Å². The predicted molar refractivity (Wildman–Crippen MR) is 73.4 cm³/mol. The summed E-state index contributed by atoms with van der Waals surface area (Å²) in [5.41, 5.74) is 0.366. The lowest BCUT2D eigenvalue weighted by atomic mass is 9.97. The van der Waals surface area contributed by atoms with E-state index in [9.17, 15) is 0 Å². The first-order chi connectivity index (χ1) is 5.49. The molecule has 0 rings (SSSR count). The Morgan fingerprint density at radius 2 is 1.83 bits per heavy atom. The SMILES string of the molecule is CCCC(C)(C(I)I)N(C)CC. The monoisotopic (exact) mass is 395 g/mol. The lowest BCUT2D eigenvalue weighted by Crippen LogP contribution is -2.48. The number of nitrogens with zero attached hydrogens (tertiary/aromatic N) is 1. The van der Waals surface area contributed by atoms with Gasteiger partial charge in [-0.3, -0.25) is 4.90 Å². The number of alkyl halides is 2. The standard InChI is InChI=1S/C9H19I2N/c1-5-7-9(3,8(10)11)12(4)6-2/h8H,5-7H2,1-4H3. The van der Waals surface area contributed by atoms with Gasteiger partial charge in [-0.15, -0.1) is 0 Å². The first-order valence-corrected chi connectivity index (χ1v) is 6.97. The van der Waals surface area contributed by atoms with Crippen molar-refractivity contribution in [2.75, 3.05) is 13.6 Å². The van der Waals surface area contributed by atoms with E-state index in [1.807, 2.05) is 0 Å². The molecule has 0 aromatic heterocycles. The van der Waals surface area contributed by atoms with E-state index in [0.29, 0.717) is 7.47 Å². The van der Waals surface area contributed by atoms with E-state index in [-0.39, 0.29) is 0 Å². The molecule has 1 atom stereocenters. The van der Waals surface area contributed by atoms with Crippen LogP contribution in [0.15, 0.2) is 0 Å². The fraction of sp³-hybridized carbons (Fsp3) is 1.00. The highest BCUT2D eigenvalue weighted by Gasteiger charge is 2.32. The maximum atomic E-state index is 2.53. The first kappa shape index (κ1) is 13.4. The second-order valence-electron chi connectivity index (χ2n) is 3.42. The van der Waals surface area contributed by atoms with Gasteiger partial charge in [-0.25, -0.2) is 0 Å². The van der Waals surface area contributed by atoms with Gasteiger partial charge < -0.3 is 0 Å². The van der Waals surface area contributed by atoms with Crippen LogP contribution in [0.25, 0.3) is 0 Å². The molecule has 0 heterocycles. The van der Waals surface area contributed by atoms with Crippen LogP contribution >= 0.6 is 45.2 Å². The van der Waals surface area contributed by atoms with Crippen LogP contribution in [-0.4, -0.2) is 26.0 Å². The lowest BCUT2D eigenvalue weighted by Gasteiger charge is -2.40. The third-order valence-corrected chi connectivity index (χ3v) is 5.26. The summed E-state index contributed by atoms with van der Waals surface area (Å²) in [4.78, 5) is 2.46. The Bertz CT molecular complexity index is 128. The molecule has 74 valence electrons. The third-order valence-electron chi connectivity index (χ3n) is 2.57. The molecule has 0 fully saturated rings. The Morgan fingerprint density at radius 1 is 1.33 bits per heavy atom. The minimum absolute atomic E-state index is 0.366. The van der Waals surface area contributed by atoms with Gasteiger partial charge in [0, 0.05) is 5.54 Å². The predicted octanol–water partition coefficient (Wildman–Crippen LogP) is 3.69. The molecule has 0 N–H and O–H groups in total. The first-order valence-electron chi connectivity index (χ1n) is 4.48. The molecule has 0 aliphatic rings. The second-order valence-corrected chi connectivity index (χ2v) is 8.30. The summed E-state index contributed by atoms with van der Waals surface area (Å²) in [5.74, 6) is 0. The summed E-state index contributed by atoms with van der Waals surface area (Å²) in [5, 5.41) is 0. The molecular formula is C9H19I2N. The smallest absolute Gasteiger partial charge is 0.0806 e. The van der Waals surface area contributed by atoms with Crippen LogP contribution in [0.3, 0.4) is 0 Å². The van der Waals surface area contributed by atoms with Gasteiger partial charge in [0.2, 0.25) is 0 Å². The van der Waals surface area contributed by atoms with Crippen molar-refractivity contribution in [1.29, 1.82) is 0 Å². The minimum Gasteiger partial charge on any atom is -0.299 e. The third kappa shape index (κ3) is 3.29. The Hall–Kier alpha value is 1.42. The van der Waals surface area contributed by atoms with E-state index in [4.69, 9.17) is 0 Å². The van der Waals surface area contributed by atoms with E-state index < -0.39 is 0 Å². The highest BCUT2D eigenvalue weighted by Crippen LogP contribution is 2.33. The normalized spacial score (nSPS) is 17.0. The molecule has 0 radical (unpaired) electrons.